The zero-order chi connectivity index (χ0) is 19.9. The fourth-order valence-electron chi connectivity index (χ4n) is 3.92. The molecule has 0 bridgehead atoms. The Labute approximate surface area is 163 Å². The van der Waals surface area contributed by atoms with Gasteiger partial charge in [-0.15, -0.1) is 0 Å². The monoisotopic (exact) mass is 404 g/mol. The van der Waals surface area contributed by atoms with Crippen molar-refractivity contribution in [2.45, 2.75) is 25.6 Å². The molecule has 2 aliphatic heterocycles. The van der Waals surface area contributed by atoms with Gasteiger partial charge in [-0.05, 0) is 48.9 Å². The van der Waals surface area contributed by atoms with Gasteiger partial charge in [0.15, 0.2) is 9.84 Å². The van der Waals surface area contributed by atoms with E-state index < -0.39 is 21.9 Å². The highest BCUT2D eigenvalue weighted by molar-refractivity contribution is 7.91. The van der Waals surface area contributed by atoms with Gasteiger partial charge in [-0.3, -0.25) is 4.90 Å². The average Bonchev–Trinajstić information content (AvgIpc) is 3.09. The van der Waals surface area contributed by atoms with Gasteiger partial charge in [-0.1, -0.05) is 12.1 Å². The van der Waals surface area contributed by atoms with Crippen LogP contribution in [0.2, 0.25) is 0 Å². The van der Waals surface area contributed by atoms with Crippen LogP contribution in [0.5, 0.6) is 5.75 Å². The molecule has 8 heteroatoms. The van der Waals surface area contributed by atoms with Gasteiger partial charge < -0.3 is 9.64 Å². The van der Waals surface area contributed by atoms with Crippen LogP contribution in [0.1, 0.15) is 12.5 Å². The zero-order valence-corrected chi connectivity index (χ0v) is 16.2. The van der Waals surface area contributed by atoms with Gasteiger partial charge in [-0.2, -0.15) is 0 Å². The number of halogens is 1. The molecule has 2 aromatic carbocycles. The number of anilines is 1. The quantitative estimate of drug-likeness (QED) is 0.719. The molecule has 6 nitrogen and oxygen atoms in total. The Morgan fingerprint density at radius 1 is 1.04 bits per heavy atom. The number of carbonyl (C=O) groups excluding carboxylic acids is 1. The summed E-state index contributed by atoms with van der Waals surface area (Å²) in [5, 5.41) is 0. The number of urea groups is 1. The van der Waals surface area contributed by atoms with Gasteiger partial charge in [0.2, 0.25) is 0 Å². The number of hydrogen-bond acceptors (Lipinski definition) is 4. The normalized spacial score (nSPS) is 23.1. The number of hydrogen-bond donors (Lipinski definition) is 0. The molecule has 0 saturated carbocycles. The summed E-state index contributed by atoms with van der Waals surface area (Å²) >= 11 is 0. The van der Waals surface area contributed by atoms with Crippen molar-refractivity contribution in [3.05, 3.63) is 59.9 Å². The van der Waals surface area contributed by atoms with Crippen molar-refractivity contribution in [3.8, 4) is 5.75 Å². The van der Waals surface area contributed by atoms with Crippen LogP contribution in [-0.2, 0) is 16.4 Å². The van der Waals surface area contributed by atoms with Crippen LogP contribution in [0.3, 0.4) is 0 Å². The van der Waals surface area contributed by atoms with Crippen LogP contribution in [0.15, 0.2) is 48.5 Å². The molecule has 0 radical (unpaired) electrons. The average molecular weight is 404 g/mol. The molecule has 0 unspecified atom stereocenters. The molecule has 2 amide bonds. The first-order chi connectivity index (χ1) is 13.4. The van der Waals surface area contributed by atoms with Crippen LogP contribution in [0.4, 0.5) is 14.9 Å². The predicted octanol–water partition coefficient (Wildman–Crippen LogP) is 2.83. The van der Waals surface area contributed by atoms with Crippen LogP contribution in [-0.4, -0.2) is 49.5 Å². The highest BCUT2D eigenvalue weighted by atomic mass is 32.2. The maximum Gasteiger partial charge on any atom is 0.325 e. The maximum absolute atomic E-state index is 13.2. The van der Waals surface area contributed by atoms with E-state index in [9.17, 15) is 17.6 Å². The van der Waals surface area contributed by atoms with E-state index >= 15 is 0 Å². The fraction of sp³-hybridized carbons (Fsp3) is 0.350. The minimum Gasteiger partial charge on any atom is -0.494 e. The number of fused-ring (bicyclic) bond motifs is 1. The van der Waals surface area contributed by atoms with Crippen molar-refractivity contribution in [3.63, 3.8) is 0 Å². The Bertz CT molecular complexity index is 976. The molecule has 2 fully saturated rings. The molecule has 0 aromatic heterocycles. The molecule has 4 rings (SSSR count). The summed E-state index contributed by atoms with van der Waals surface area (Å²) in [6, 6.07) is 11.9. The highest BCUT2D eigenvalue weighted by Crippen LogP contribution is 2.36. The molecule has 2 heterocycles. The van der Waals surface area contributed by atoms with Gasteiger partial charge in [-0.25, -0.2) is 17.6 Å². The molecule has 2 atom stereocenters. The van der Waals surface area contributed by atoms with E-state index in [1.165, 1.54) is 12.1 Å². The van der Waals surface area contributed by atoms with Crippen molar-refractivity contribution in [2.75, 3.05) is 23.0 Å². The van der Waals surface area contributed by atoms with Crippen LogP contribution < -0.4 is 9.64 Å². The van der Waals surface area contributed by atoms with E-state index in [4.69, 9.17) is 4.74 Å². The molecule has 2 aliphatic rings. The van der Waals surface area contributed by atoms with Gasteiger partial charge in [0.25, 0.3) is 0 Å². The lowest BCUT2D eigenvalue weighted by Crippen LogP contribution is -2.37. The largest absolute Gasteiger partial charge is 0.494 e. The van der Waals surface area contributed by atoms with Crippen molar-refractivity contribution in [1.82, 2.24) is 4.90 Å². The Hall–Kier alpha value is -2.61. The Balaban J connectivity index is 1.65. The SMILES string of the molecule is CCOc1ccc(N2C(=O)N(Cc3ccc(F)cc3)[C@H]3CS(=O)(=O)C[C@H]32)cc1. The van der Waals surface area contributed by atoms with E-state index in [2.05, 4.69) is 0 Å². The number of amides is 2. The van der Waals surface area contributed by atoms with E-state index in [-0.39, 0.29) is 29.9 Å². The summed E-state index contributed by atoms with van der Waals surface area (Å²) in [6.45, 7) is 2.67. The van der Waals surface area contributed by atoms with Gasteiger partial charge in [0.1, 0.15) is 11.6 Å². The second-order valence-electron chi connectivity index (χ2n) is 7.05. The molecule has 0 aliphatic carbocycles. The summed E-state index contributed by atoms with van der Waals surface area (Å²) in [7, 11) is -3.24. The van der Waals surface area contributed by atoms with Gasteiger partial charge in [0.05, 0.1) is 30.2 Å². The number of nitrogens with zero attached hydrogens (tertiary/aromatic N) is 2. The second kappa shape index (κ2) is 7.09. The summed E-state index contributed by atoms with van der Waals surface area (Å²) in [5.74, 6) is 0.222. The number of rotatable bonds is 5. The van der Waals surface area contributed by atoms with Crippen molar-refractivity contribution < 1.29 is 22.3 Å². The minimum absolute atomic E-state index is 0.0574. The summed E-state index contributed by atoms with van der Waals surface area (Å²) in [5.41, 5.74) is 1.40. The zero-order valence-electron chi connectivity index (χ0n) is 15.4. The van der Waals surface area contributed by atoms with Gasteiger partial charge in [0, 0.05) is 12.2 Å². The lowest BCUT2D eigenvalue weighted by Gasteiger charge is -2.23. The van der Waals surface area contributed by atoms with E-state index in [0.29, 0.717) is 18.0 Å². The number of ether oxygens (including phenoxy) is 1. The molecule has 0 N–H and O–H groups in total. The molecule has 148 valence electrons. The van der Waals surface area contributed by atoms with Crippen molar-refractivity contribution in [2.24, 2.45) is 0 Å². The van der Waals surface area contributed by atoms with E-state index in [1.54, 1.807) is 46.2 Å². The second-order valence-corrected chi connectivity index (χ2v) is 9.20. The number of carbonyl (C=O) groups is 1. The maximum atomic E-state index is 13.2. The van der Waals surface area contributed by atoms with Crippen LogP contribution in [0.25, 0.3) is 0 Å². The van der Waals surface area contributed by atoms with E-state index in [1.807, 2.05) is 6.92 Å². The number of sulfone groups is 1. The number of benzene rings is 2. The minimum atomic E-state index is -3.24. The Morgan fingerprint density at radius 3 is 2.32 bits per heavy atom. The first-order valence-electron chi connectivity index (χ1n) is 9.15. The first kappa shape index (κ1) is 18.7. The fourth-order valence-corrected chi connectivity index (χ4v) is 5.87. The Kier molecular flexibility index (Phi) is 4.74. The summed E-state index contributed by atoms with van der Waals surface area (Å²) < 4.78 is 43.2. The third-order valence-corrected chi connectivity index (χ3v) is 6.87. The standard InChI is InChI=1S/C20H21FN2O4S/c1-2-27-17-9-7-16(8-10-17)23-19-13-28(25,26)12-18(19)22(20(23)24)11-14-3-5-15(21)6-4-14/h3-10,18-19H,2,11-13H2,1H3/t18-,19+/m0/s1. The summed E-state index contributed by atoms with van der Waals surface area (Å²) in [6.07, 6.45) is 0. The lowest BCUT2D eigenvalue weighted by molar-refractivity contribution is 0.206. The molecular formula is C20H21FN2O4S. The lowest BCUT2D eigenvalue weighted by atomic mass is 10.1. The van der Waals surface area contributed by atoms with Gasteiger partial charge >= 0.3 is 6.03 Å². The topological polar surface area (TPSA) is 66.9 Å². The smallest absolute Gasteiger partial charge is 0.325 e. The highest BCUT2D eigenvalue weighted by Gasteiger charge is 2.53. The molecule has 0 spiro atoms. The summed E-state index contributed by atoms with van der Waals surface area (Å²) in [4.78, 5) is 16.3. The van der Waals surface area contributed by atoms with Crippen molar-refractivity contribution in [1.29, 1.82) is 0 Å². The van der Waals surface area contributed by atoms with E-state index in [0.717, 1.165) is 5.56 Å². The Morgan fingerprint density at radius 2 is 1.68 bits per heavy atom. The van der Waals surface area contributed by atoms with Crippen LogP contribution in [0, 0.1) is 5.82 Å². The van der Waals surface area contributed by atoms with Crippen molar-refractivity contribution >= 4 is 21.6 Å². The first-order valence-corrected chi connectivity index (χ1v) is 11.0. The molecule has 2 aromatic rings. The molecule has 28 heavy (non-hydrogen) atoms. The molecule has 2 saturated heterocycles. The predicted molar refractivity (Wildman–Crippen MR) is 104 cm³/mol. The third kappa shape index (κ3) is 3.44. The molecular weight excluding hydrogens is 383 g/mol. The third-order valence-electron chi connectivity index (χ3n) is 5.17. The van der Waals surface area contributed by atoms with Crippen LogP contribution >= 0.6 is 0 Å².